The molecule has 0 amide bonds. The van der Waals surface area contributed by atoms with E-state index < -0.39 is 6.10 Å². The van der Waals surface area contributed by atoms with Crippen LogP contribution in [0.1, 0.15) is 11.7 Å². The molecule has 1 atom stereocenters. The van der Waals surface area contributed by atoms with Gasteiger partial charge in [-0.3, -0.25) is 9.80 Å². The zero-order chi connectivity index (χ0) is 25.6. The number of aldehydes is 1. The number of benzene rings is 2. The Bertz CT molecular complexity index is 1070. The van der Waals surface area contributed by atoms with Gasteiger partial charge in [0.1, 0.15) is 19.3 Å². The number of aliphatic hydroxyl groups is 1. The number of aliphatic hydroxyl groups excluding tert-OH is 1. The molecular weight excluding hydrogens is 490 g/mol. The largest absolute Gasteiger partial charge is 0.486 e. The Morgan fingerprint density at radius 3 is 2.41 bits per heavy atom. The van der Waals surface area contributed by atoms with Crippen LogP contribution in [0.5, 0.6) is 11.5 Å². The molecule has 0 spiro atoms. The van der Waals surface area contributed by atoms with Crippen molar-refractivity contribution in [2.24, 2.45) is 0 Å². The van der Waals surface area contributed by atoms with Crippen molar-refractivity contribution in [2.75, 3.05) is 72.7 Å². The van der Waals surface area contributed by atoms with Gasteiger partial charge < -0.3 is 24.1 Å². The monoisotopic (exact) mass is 525 g/mol. The number of ether oxygens (including phenoxy) is 3. The molecule has 0 saturated carbocycles. The number of likely N-dealkylation sites (N-methyl/N-ethyl adjacent to an activating group) is 1. The van der Waals surface area contributed by atoms with Crippen molar-refractivity contribution in [3.8, 4) is 11.5 Å². The normalized spacial score (nSPS) is 20.7. The van der Waals surface area contributed by atoms with Crippen LogP contribution in [0.2, 0.25) is 0 Å². The SMILES string of the molecule is CN1CC2=C(C1)CN(Sc1ccc3c(c1)OCCO3)C2.O=C[C@@H](OC1CN(CCO)C1)c1ccccc1. The summed E-state index contributed by atoms with van der Waals surface area (Å²) in [6, 6.07) is 15.7. The summed E-state index contributed by atoms with van der Waals surface area (Å²) in [7, 11) is 2.19. The van der Waals surface area contributed by atoms with E-state index in [1.165, 1.54) is 4.90 Å². The van der Waals surface area contributed by atoms with Crippen LogP contribution in [0.25, 0.3) is 0 Å². The molecule has 198 valence electrons. The van der Waals surface area contributed by atoms with Crippen LogP contribution < -0.4 is 9.47 Å². The molecule has 4 aliphatic heterocycles. The number of hydrogen-bond acceptors (Lipinski definition) is 9. The smallest absolute Gasteiger partial charge is 0.162 e. The van der Waals surface area contributed by atoms with Gasteiger partial charge in [0.15, 0.2) is 17.8 Å². The Kier molecular flexibility index (Phi) is 8.81. The number of β-amino-alcohol motifs (C(OH)–C–C–N with tert-alkyl or cyclic N) is 1. The van der Waals surface area contributed by atoms with Gasteiger partial charge in [-0.15, -0.1) is 0 Å². The second kappa shape index (κ2) is 12.4. The lowest BCUT2D eigenvalue weighted by Gasteiger charge is -2.39. The van der Waals surface area contributed by atoms with Gasteiger partial charge in [-0.25, -0.2) is 4.31 Å². The van der Waals surface area contributed by atoms with Crippen LogP contribution in [0.4, 0.5) is 0 Å². The first-order valence-electron chi connectivity index (χ1n) is 12.8. The van der Waals surface area contributed by atoms with Crippen LogP contribution in [0.3, 0.4) is 0 Å². The van der Waals surface area contributed by atoms with Crippen molar-refractivity contribution in [2.45, 2.75) is 17.1 Å². The average Bonchev–Trinajstić information content (AvgIpc) is 3.42. The molecular formula is C28H35N3O5S. The average molecular weight is 526 g/mol. The molecule has 1 N–H and O–H groups in total. The van der Waals surface area contributed by atoms with Crippen molar-refractivity contribution >= 4 is 18.2 Å². The minimum atomic E-state index is -0.475. The number of fused-ring (bicyclic) bond motifs is 1. The molecule has 6 rings (SSSR count). The molecule has 0 aliphatic carbocycles. The van der Waals surface area contributed by atoms with Crippen molar-refractivity contribution in [1.82, 2.24) is 14.1 Å². The summed E-state index contributed by atoms with van der Waals surface area (Å²) in [4.78, 5) is 16.7. The van der Waals surface area contributed by atoms with Crippen molar-refractivity contribution in [3.63, 3.8) is 0 Å². The van der Waals surface area contributed by atoms with Crippen LogP contribution in [0, 0.1) is 0 Å². The molecule has 37 heavy (non-hydrogen) atoms. The zero-order valence-corrected chi connectivity index (χ0v) is 22.1. The number of likely N-dealkylation sites (tertiary alicyclic amines) is 1. The number of carbonyl (C=O) groups is 1. The standard InChI is InChI=1S/C15H18N2O2S.C13H17NO3/c1-16-7-11-9-17(10-12(11)8-16)20-13-2-3-14-15(6-13)19-5-4-18-14;15-7-6-14-8-12(9-14)17-13(10-16)11-4-2-1-3-5-11/h2-3,6H,4-5,7-10H2,1H3;1-5,10,12-13,15H,6-9H2/t;13-/m.1/s1. The Morgan fingerprint density at radius 2 is 1.73 bits per heavy atom. The predicted octanol–water partition coefficient (Wildman–Crippen LogP) is 2.64. The molecule has 1 fully saturated rings. The van der Waals surface area contributed by atoms with Crippen LogP contribution in [-0.4, -0.2) is 104 Å². The maximum Gasteiger partial charge on any atom is 0.162 e. The molecule has 0 bridgehead atoms. The van der Waals surface area contributed by atoms with Crippen molar-refractivity contribution in [1.29, 1.82) is 0 Å². The highest BCUT2D eigenvalue weighted by atomic mass is 32.2. The second-order valence-electron chi connectivity index (χ2n) is 9.78. The fourth-order valence-corrected chi connectivity index (χ4v) is 6.03. The van der Waals surface area contributed by atoms with Gasteiger partial charge in [0, 0.05) is 50.7 Å². The molecule has 8 nitrogen and oxygen atoms in total. The van der Waals surface area contributed by atoms with Gasteiger partial charge in [-0.2, -0.15) is 0 Å². The van der Waals surface area contributed by atoms with E-state index in [1.807, 2.05) is 48.3 Å². The summed E-state index contributed by atoms with van der Waals surface area (Å²) in [5.74, 6) is 1.74. The zero-order valence-electron chi connectivity index (χ0n) is 21.3. The van der Waals surface area contributed by atoms with Gasteiger partial charge in [0.25, 0.3) is 0 Å². The summed E-state index contributed by atoms with van der Waals surface area (Å²) < 4.78 is 19.3. The Morgan fingerprint density at radius 1 is 1.03 bits per heavy atom. The fourth-order valence-electron chi connectivity index (χ4n) is 5.00. The Balaban J connectivity index is 0.000000154. The minimum absolute atomic E-state index is 0.0944. The minimum Gasteiger partial charge on any atom is -0.486 e. The summed E-state index contributed by atoms with van der Waals surface area (Å²) >= 11 is 1.82. The van der Waals surface area contributed by atoms with E-state index in [9.17, 15) is 4.79 Å². The first-order valence-corrected chi connectivity index (χ1v) is 13.6. The highest BCUT2D eigenvalue weighted by Gasteiger charge is 2.30. The van der Waals surface area contributed by atoms with Gasteiger partial charge in [-0.05, 0) is 53.9 Å². The maximum absolute atomic E-state index is 11.0. The van der Waals surface area contributed by atoms with E-state index in [4.69, 9.17) is 19.3 Å². The summed E-state index contributed by atoms with van der Waals surface area (Å²) in [5, 5.41) is 8.76. The molecule has 0 aromatic heterocycles. The third kappa shape index (κ3) is 6.73. The first-order chi connectivity index (χ1) is 18.1. The van der Waals surface area contributed by atoms with Crippen LogP contribution in [0.15, 0.2) is 64.6 Å². The molecule has 1 saturated heterocycles. The number of carbonyl (C=O) groups excluding carboxylic acids is 1. The lowest BCUT2D eigenvalue weighted by atomic mass is 10.1. The molecule has 2 aromatic carbocycles. The molecule has 4 heterocycles. The van der Waals surface area contributed by atoms with E-state index in [2.05, 4.69) is 33.3 Å². The van der Waals surface area contributed by atoms with E-state index in [0.717, 1.165) is 62.6 Å². The highest BCUT2D eigenvalue weighted by molar-refractivity contribution is 7.97. The lowest BCUT2D eigenvalue weighted by Crippen LogP contribution is -2.53. The topological polar surface area (TPSA) is 74.7 Å². The van der Waals surface area contributed by atoms with Gasteiger partial charge >= 0.3 is 0 Å². The van der Waals surface area contributed by atoms with Gasteiger partial charge in [0.2, 0.25) is 0 Å². The predicted molar refractivity (Wildman–Crippen MR) is 143 cm³/mol. The van der Waals surface area contributed by atoms with Crippen molar-refractivity contribution < 1.29 is 24.1 Å². The van der Waals surface area contributed by atoms with Gasteiger partial charge in [-0.1, -0.05) is 30.3 Å². The third-order valence-electron chi connectivity index (χ3n) is 6.83. The van der Waals surface area contributed by atoms with Gasteiger partial charge in [0.05, 0.1) is 12.7 Å². The summed E-state index contributed by atoms with van der Waals surface area (Å²) in [6.07, 6.45) is 0.457. The number of nitrogens with zero attached hydrogens (tertiary/aromatic N) is 3. The Labute approximate surface area is 222 Å². The molecule has 0 radical (unpaired) electrons. The van der Waals surface area contributed by atoms with Crippen molar-refractivity contribution in [3.05, 3.63) is 65.2 Å². The van der Waals surface area contributed by atoms with Crippen LogP contribution >= 0.6 is 11.9 Å². The number of hydrogen-bond donors (Lipinski definition) is 1. The van der Waals surface area contributed by atoms with E-state index in [0.29, 0.717) is 19.8 Å². The fraction of sp³-hybridized carbons (Fsp3) is 0.464. The summed E-state index contributed by atoms with van der Waals surface area (Å²) in [5.41, 5.74) is 4.11. The van der Waals surface area contributed by atoms with E-state index in [1.54, 1.807) is 11.1 Å². The summed E-state index contributed by atoms with van der Waals surface area (Å²) in [6.45, 7) is 8.15. The molecule has 0 unspecified atom stereocenters. The molecule has 4 aliphatic rings. The Hall–Kier alpha value is -2.40. The highest BCUT2D eigenvalue weighted by Crippen LogP contribution is 2.37. The van der Waals surface area contributed by atoms with E-state index in [-0.39, 0.29) is 12.7 Å². The molecule has 2 aromatic rings. The van der Waals surface area contributed by atoms with E-state index >= 15 is 0 Å². The number of rotatable bonds is 8. The maximum atomic E-state index is 11.0. The third-order valence-corrected chi connectivity index (χ3v) is 7.82. The van der Waals surface area contributed by atoms with Crippen LogP contribution in [-0.2, 0) is 9.53 Å². The second-order valence-corrected chi connectivity index (χ2v) is 11.0. The quantitative estimate of drug-likeness (QED) is 0.318. The molecule has 9 heteroatoms. The first kappa shape index (κ1) is 26.2. The lowest BCUT2D eigenvalue weighted by molar-refractivity contribution is -0.133.